The summed E-state index contributed by atoms with van der Waals surface area (Å²) in [5.74, 6) is -1.25. The summed E-state index contributed by atoms with van der Waals surface area (Å²) < 4.78 is 2.08. The number of amidine groups is 1. The Morgan fingerprint density at radius 1 is 1.09 bits per heavy atom. The number of hydrogen-bond acceptors (Lipinski definition) is 5. The molecule has 170 valence electrons. The van der Waals surface area contributed by atoms with Crippen molar-refractivity contribution >= 4 is 51.5 Å². The Kier molecular flexibility index (Phi) is 5.92. The highest BCUT2D eigenvalue weighted by atomic mass is 32.2. The summed E-state index contributed by atoms with van der Waals surface area (Å²) >= 11 is 1.23. The molecule has 3 aromatic carbocycles. The van der Waals surface area contributed by atoms with E-state index in [4.69, 9.17) is 5.11 Å². The summed E-state index contributed by atoms with van der Waals surface area (Å²) in [4.78, 5) is 28.6. The van der Waals surface area contributed by atoms with Gasteiger partial charge in [0.1, 0.15) is 0 Å². The highest BCUT2D eigenvalue weighted by molar-refractivity contribution is 8.18. The van der Waals surface area contributed by atoms with Gasteiger partial charge in [0.15, 0.2) is 5.17 Å². The Bertz CT molecular complexity index is 1580. The average molecular weight is 479 g/mol. The van der Waals surface area contributed by atoms with E-state index < -0.39 is 5.97 Å². The minimum Gasteiger partial charge on any atom is -0.478 e. The summed E-state index contributed by atoms with van der Waals surface area (Å²) in [7, 11) is 0. The van der Waals surface area contributed by atoms with Gasteiger partial charge in [-0.1, -0.05) is 36.4 Å². The third-order valence-electron chi connectivity index (χ3n) is 5.58. The van der Waals surface area contributed by atoms with Crippen molar-refractivity contribution in [3.05, 3.63) is 106 Å². The van der Waals surface area contributed by atoms with Crippen molar-refractivity contribution in [1.29, 1.82) is 5.26 Å². The molecule has 5 rings (SSSR count). The third-order valence-corrected chi connectivity index (χ3v) is 6.49. The Hall–Kier alpha value is -4.61. The van der Waals surface area contributed by atoms with E-state index in [2.05, 4.69) is 20.9 Å². The van der Waals surface area contributed by atoms with Crippen molar-refractivity contribution in [1.82, 2.24) is 9.88 Å². The van der Waals surface area contributed by atoms with Gasteiger partial charge in [-0.25, -0.2) is 9.79 Å². The Morgan fingerprint density at radius 3 is 2.60 bits per heavy atom. The first-order valence-electron chi connectivity index (χ1n) is 10.7. The minimum absolute atomic E-state index is 0.173. The molecule has 0 bridgehead atoms. The second-order valence-electron chi connectivity index (χ2n) is 7.83. The van der Waals surface area contributed by atoms with Gasteiger partial charge in [0.25, 0.3) is 5.91 Å². The number of amides is 1. The van der Waals surface area contributed by atoms with Crippen LogP contribution in [0.3, 0.4) is 0 Å². The van der Waals surface area contributed by atoms with Gasteiger partial charge in [-0.05, 0) is 59.8 Å². The van der Waals surface area contributed by atoms with Gasteiger partial charge in [-0.3, -0.25) is 4.79 Å². The molecule has 1 fully saturated rings. The number of thioether (sulfide) groups is 1. The zero-order chi connectivity index (χ0) is 24.4. The van der Waals surface area contributed by atoms with Crippen LogP contribution in [0.25, 0.3) is 17.0 Å². The summed E-state index contributed by atoms with van der Waals surface area (Å²) in [6, 6.07) is 23.8. The molecule has 1 saturated heterocycles. The molecule has 1 aliphatic heterocycles. The number of hydrogen-bond donors (Lipinski definition) is 2. The van der Waals surface area contributed by atoms with Crippen LogP contribution >= 0.6 is 11.8 Å². The van der Waals surface area contributed by atoms with E-state index in [1.165, 1.54) is 23.9 Å². The fraction of sp³-hybridized carbons (Fsp3) is 0.0370. The lowest BCUT2D eigenvalue weighted by molar-refractivity contribution is -0.115. The van der Waals surface area contributed by atoms with E-state index in [-0.39, 0.29) is 11.5 Å². The molecule has 0 saturated carbocycles. The van der Waals surface area contributed by atoms with Crippen LogP contribution in [-0.4, -0.2) is 26.7 Å². The Morgan fingerprint density at radius 2 is 1.83 bits per heavy atom. The third kappa shape index (κ3) is 4.58. The summed E-state index contributed by atoms with van der Waals surface area (Å²) in [5, 5.41) is 22.7. The number of aliphatic imine (C=N–C) groups is 1. The second kappa shape index (κ2) is 9.33. The number of nitriles is 1. The molecule has 0 atom stereocenters. The molecule has 0 spiro atoms. The highest BCUT2D eigenvalue weighted by Gasteiger charge is 2.24. The number of carbonyl (C=O) groups is 2. The normalized spacial score (nSPS) is 15.5. The van der Waals surface area contributed by atoms with Gasteiger partial charge in [0.05, 0.1) is 27.8 Å². The van der Waals surface area contributed by atoms with Crippen molar-refractivity contribution < 1.29 is 14.7 Å². The maximum atomic E-state index is 12.6. The lowest BCUT2D eigenvalue weighted by Gasteiger charge is -2.07. The number of carbonyl (C=O) groups excluding carboxylic acids is 1. The number of benzene rings is 3. The van der Waals surface area contributed by atoms with E-state index in [1.807, 2.05) is 54.7 Å². The topological polar surface area (TPSA) is 107 Å². The summed E-state index contributed by atoms with van der Waals surface area (Å²) in [6.45, 7) is 0.534. The molecule has 35 heavy (non-hydrogen) atoms. The van der Waals surface area contributed by atoms with Crippen molar-refractivity contribution in [2.24, 2.45) is 4.99 Å². The van der Waals surface area contributed by atoms with Crippen molar-refractivity contribution in [3.8, 4) is 6.07 Å². The maximum absolute atomic E-state index is 12.6. The van der Waals surface area contributed by atoms with Crippen LogP contribution in [-0.2, 0) is 11.3 Å². The Balaban J connectivity index is 1.45. The lowest BCUT2D eigenvalue weighted by atomic mass is 10.1. The van der Waals surface area contributed by atoms with Gasteiger partial charge < -0.3 is 15.0 Å². The number of aromatic carboxylic acids is 1. The largest absolute Gasteiger partial charge is 0.478 e. The lowest BCUT2D eigenvalue weighted by Crippen LogP contribution is -2.19. The number of aromatic nitrogens is 1. The molecular weight excluding hydrogens is 460 g/mol. The van der Waals surface area contributed by atoms with E-state index in [1.54, 1.807) is 18.2 Å². The molecule has 2 heterocycles. The second-order valence-corrected chi connectivity index (χ2v) is 8.86. The van der Waals surface area contributed by atoms with E-state index in [0.717, 1.165) is 22.0 Å². The van der Waals surface area contributed by atoms with Gasteiger partial charge in [-0.15, -0.1) is 0 Å². The number of rotatable bonds is 5. The zero-order valence-corrected chi connectivity index (χ0v) is 19.1. The quantitative estimate of drug-likeness (QED) is 0.386. The maximum Gasteiger partial charge on any atom is 0.335 e. The Labute approximate surface area is 205 Å². The molecule has 1 amide bonds. The first kappa shape index (κ1) is 22.2. The van der Waals surface area contributed by atoms with Crippen LogP contribution in [0, 0.1) is 11.3 Å². The van der Waals surface area contributed by atoms with Crippen molar-refractivity contribution in [2.75, 3.05) is 0 Å². The monoisotopic (exact) mass is 478 g/mol. The predicted octanol–water partition coefficient (Wildman–Crippen LogP) is 5.15. The standard InChI is InChI=1S/C27H18N4O3S/c28-14-18-5-1-2-6-19(18)15-31-16-20(22-7-3-4-8-23(22)31)13-24-25(32)30-27(35-24)29-21-11-9-17(10-12-21)26(33)34/h1-13,16H,15H2,(H,33,34)(H,29,30,32)/b24-13-. The van der Waals surface area contributed by atoms with Gasteiger partial charge >= 0.3 is 5.97 Å². The van der Waals surface area contributed by atoms with Crippen LogP contribution in [0.4, 0.5) is 5.69 Å². The van der Waals surface area contributed by atoms with E-state index >= 15 is 0 Å². The average Bonchev–Trinajstić information content (AvgIpc) is 3.39. The van der Waals surface area contributed by atoms with Crippen LogP contribution in [0.5, 0.6) is 0 Å². The smallest absolute Gasteiger partial charge is 0.335 e. The van der Waals surface area contributed by atoms with Crippen LogP contribution in [0.1, 0.15) is 27.0 Å². The van der Waals surface area contributed by atoms with Crippen LogP contribution in [0.2, 0.25) is 0 Å². The number of carboxylic acid groups (broad SMARTS) is 1. The number of nitrogens with one attached hydrogen (secondary N) is 1. The first-order valence-corrected chi connectivity index (χ1v) is 11.5. The predicted molar refractivity (Wildman–Crippen MR) is 136 cm³/mol. The molecule has 7 nitrogen and oxygen atoms in total. The molecule has 1 aromatic heterocycles. The van der Waals surface area contributed by atoms with E-state index in [0.29, 0.717) is 27.9 Å². The highest BCUT2D eigenvalue weighted by Crippen LogP contribution is 2.31. The number of nitrogens with zero attached hydrogens (tertiary/aromatic N) is 3. The molecule has 0 radical (unpaired) electrons. The fourth-order valence-corrected chi connectivity index (χ4v) is 4.72. The molecular formula is C27H18N4O3S. The molecule has 0 unspecified atom stereocenters. The molecule has 2 N–H and O–H groups in total. The van der Waals surface area contributed by atoms with Gasteiger partial charge in [0, 0.05) is 29.2 Å². The SMILES string of the molecule is N#Cc1ccccc1Cn1cc(/C=C2\SC(=Nc3ccc(C(=O)O)cc3)NC2=O)c2ccccc21. The van der Waals surface area contributed by atoms with Crippen LogP contribution < -0.4 is 5.32 Å². The number of para-hydroxylation sites is 1. The molecule has 1 aliphatic rings. The van der Waals surface area contributed by atoms with Gasteiger partial charge in [-0.2, -0.15) is 5.26 Å². The van der Waals surface area contributed by atoms with Gasteiger partial charge in [0.2, 0.25) is 0 Å². The van der Waals surface area contributed by atoms with E-state index in [9.17, 15) is 14.9 Å². The fourth-order valence-electron chi connectivity index (χ4n) is 3.89. The molecule has 8 heteroatoms. The number of carboxylic acids is 1. The summed E-state index contributed by atoms with van der Waals surface area (Å²) in [5.41, 5.74) is 4.17. The minimum atomic E-state index is -1.01. The van der Waals surface area contributed by atoms with Crippen molar-refractivity contribution in [3.63, 3.8) is 0 Å². The molecule has 0 aliphatic carbocycles. The number of fused-ring (bicyclic) bond motifs is 1. The van der Waals surface area contributed by atoms with Crippen molar-refractivity contribution in [2.45, 2.75) is 6.54 Å². The van der Waals surface area contributed by atoms with Crippen LogP contribution in [0.15, 0.2) is 88.9 Å². The first-order chi connectivity index (χ1) is 17.0. The zero-order valence-electron chi connectivity index (χ0n) is 18.3. The molecule has 4 aromatic rings. The summed E-state index contributed by atoms with van der Waals surface area (Å²) in [6.07, 6.45) is 3.82.